The van der Waals surface area contributed by atoms with Gasteiger partial charge in [0.05, 0.1) is 24.6 Å². The first-order valence-corrected chi connectivity index (χ1v) is 7.58. The number of ether oxygens (including phenoxy) is 1. The highest BCUT2D eigenvalue weighted by Gasteiger charge is 2.19. The SMILES string of the molecule is CCS(=O)(=O)CCn1nnc(C(=O)O)c1CCOC. The summed E-state index contributed by atoms with van der Waals surface area (Å²) in [6.45, 7) is 1.97. The van der Waals surface area contributed by atoms with Gasteiger partial charge < -0.3 is 9.84 Å². The van der Waals surface area contributed by atoms with Gasteiger partial charge in [-0.05, 0) is 0 Å². The first-order chi connectivity index (χ1) is 8.91. The lowest BCUT2D eigenvalue weighted by atomic mass is 10.2. The van der Waals surface area contributed by atoms with Gasteiger partial charge in [-0.3, -0.25) is 0 Å². The summed E-state index contributed by atoms with van der Waals surface area (Å²) in [4.78, 5) is 11.0. The number of carboxylic acid groups (broad SMARTS) is 1. The fourth-order valence-electron chi connectivity index (χ4n) is 1.49. The second kappa shape index (κ2) is 6.62. The first-order valence-electron chi connectivity index (χ1n) is 5.76. The van der Waals surface area contributed by atoms with Crippen LogP contribution in [0.5, 0.6) is 0 Å². The molecule has 1 rings (SSSR count). The number of aromatic carboxylic acids is 1. The Kier molecular flexibility index (Phi) is 5.43. The third-order valence-corrected chi connectivity index (χ3v) is 4.32. The average molecular weight is 291 g/mol. The molecule has 0 amide bonds. The molecule has 0 saturated carbocycles. The van der Waals surface area contributed by atoms with Crippen molar-refractivity contribution in [1.29, 1.82) is 0 Å². The zero-order chi connectivity index (χ0) is 14.5. The minimum Gasteiger partial charge on any atom is -0.476 e. The lowest BCUT2D eigenvalue weighted by Gasteiger charge is -2.06. The molecule has 1 heterocycles. The quantitative estimate of drug-likeness (QED) is 0.693. The molecule has 0 aliphatic heterocycles. The summed E-state index contributed by atoms with van der Waals surface area (Å²) < 4.78 is 29.1. The molecule has 0 fully saturated rings. The smallest absolute Gasteiger partial charge is 0.358 e. The van der Waals surface area contributed by atoms with Crippen molar-refractivity contribution in [1.82, 2.24) is 15.0 Å². The zero-order valence-corrected chi connectivity index (χ0v) is 11.7. The highest BCUT2D eigenvalue weighted by Crippen LogP contribution is 2.08. The third-order valence-electron chi connectivity index (χ3n) is 2.64. The van der Waals surface area contributed by atoms with Gasteiger partial charge in [-0.25, -0.2) is 17.9 Å². The van der Waals surface area contributed by atoms with Crippen LogP contribution in [0.1, 0.15) is 23.1 Å². The van der Waals surface area contributed by atoms with E-state index in [9.17, 15) is 13.2 Å². The van der Waals surface area contributed by atoms with Crippen LogP contribution in [0.2, 0.25) is 0 Å². The van der Waals surface area contributed by atoms with E-state index in [0.717, 1.165) is 0 Å². The van der Waals surface area contributed by atoms with Crippen molar-refractivity contribution >= 4 is 15.8 Å². The van der Waals surface area contributed by atoms with Crippen molar-refractivity contribution < 1.29 is 23.1 Å². The number of rotatable bonds is 8. The fraction of sp³-hybridized carbons (Fsp3) is 0.700. The van der Waals surface area contributed by atoms with Crippen LogP contribution in [0.4, 0.5) is 0 Å². The van der Waals surface area contributed by atoms with Crippen LogP contribution >= 0.6 is 0 Å². The molecule has 0 spiro atoms. The van der Waals surface area contributed by atoms with Gasteiger partial charge in [-0.2, -0.15) is 0 Å². The number of sulfone groups is 1. The van der Waals surface area contributed by atoms with Crippen LogP contribution in [0, 0.1) is 0 Å². The van der Waals surface area contributed by atoms with Crippen LogP contribution in [0.15, 0.2) is 0 Å². The standard InChI is InChI=1S/C10H17N3O5S/c1-3-19(16,17)7-5-13-8(4-6-18-2)9(10(14)15)11-12-13/h3-7H2,1-2H3,(H,14,15). The predicted molar refractivity (Wildman–Crippen MR) is 66.9 cm³/mol. The second-order valence-corrected chi connectivity index (χ2v) is 6.36. The average Bonchev–Trinajstić information content (AvgIpc) is 2.77. The lowest BCUT2D eigenvalue weighted by Crippen LogP contribution is -2.18. The number of hydrogen-bond acceptors (Lipinski definition) is 6. The number of carboxylic acids is 1. The Hall–Kier alpha value is -1.48. The van der Waals surface area contributed by atoms with Crippen molar-refractivity contribution in [3.8, 4) is 0 Å². The molecule has 0 radical (unpaired) electrons. The van der Waals surface area contributed by atoms with Gasteiger partial charge in [0.15, 0.2) is 15.5 Å². The molecule has 19 heavy (non-hydrogen) atoms. The second-order valence-electron chi connectivity index (χ2n) is 3.89. The molecule has 0 aliphatic rings. The largest absolute Gasteiger partial charge is 0.476 e. The maximum absolute atomic E-state index is 11.4. The highest BCUT2D eigenvalue weighted by molar-refractivity contribution is 7.91. The van der Waals surface area contributed by atoms with Gasteiger partial charge in [0.2, 0.25) is 0 Å². The normalized spacial score (nSPS) is 11.7. The number of aryl methyl sites for hydroxylation is 1. The molecule has 0 unspecified atom stereocenters. The van der Waals surface area contributed by atoms with Gasteiger partial charge >= 0.3 is 5.97 Å². The van der Waals surface area contributed by atoms with Crippen molar-refractivity contribution in [2.75, 3.05) is 25.2 Å². The van der Waals surface area contributed by atoms with Crippen LogP contribution < -0.4 is 0 Å². The third kappa shape index (κ3) is 4.28. The van der Waals surface area contributed by atoms with E-state index in [0.29, 0.717) is 18.7 Å². The Labute approximate surface area is 111 Å². The van der Waals surface area contributed by atoms with Gasteiger partial charge in [0.1, 0.15) is 0 Å². The van der Waals surface area contributed by atoms with E-state index in [2.05, 4.69) is 10.3 Å². The van der Waals surface area contributed by atoms with E-state index >= 15 is 0 Å². The van der Waals surface area contributed by atoms with Gasteiger partial charge in [0, 0.05) is 19.3 Å². The molecule has 0 aliphatic carbocycles. The first kappa shape index (κ1) is 15.6. The molecular formula is C10H17N3O5S. The number of hydrogen-bond donors (Lipinski definition) is 1. The molecule has 9 heteroatoms. The molecule has 1 aromatic heterocycles. The molecule has 8 nitrogen and oxygen atoms in total. The summed E-state index contributed by atoms with van der Waals surface area (Å²) in [5.41, 5.74) is 0.214. The Morgan fingerprint density at radius 2 is 2.16 bits per heavy atom. The number of methoxy groups -OCH3 is 1. The summed E-state index contributed by atoms with van der Waals surface area (Å²) in [5, 5.41) is 16.2. The van der Waals surface area contributed by atoms with E-state index in [4.69, 9.17) is 9.84 Å². The zero-order valence-electron chi connectivity index (χ0n) is 10.9. The molecule has 0 atom stereocenters. The number of nitrogens with zero attached hydrogens (tertiary/aromatic N) is 3. The van der Waals surface area contributed by atoms with Crippen LogP contribution in [0.25, 0.3) is 0 Å². The Bertz CT molecular complexity index is 537. The van der Waals surface area contributed by atoms with Gasteiger partial charge in [-0.15, -0.1) is 5.10 Å². The molecule has 0 aromatic carbocycles. The van der Waals surface area contributed by atoms with E-state index in [1.165, 1.54) is 11.8 Å². The summed E-state index contributed by atoms with van der Waals surface area (Å²) in [7, 11) is -1.64. The number of aromatic nitrogens is 3. The van der Waals surface area contributed by atoms with E-state index < -0.39 is 15.8 Å². The van der Waals surface area contributed by atoms with Crippen LogP contribution in [-0.4, -0.2) is 59.7 Å². The summed E-state index contributed by atoms with van der Waals surface area (Å²) in [6, 6.07) is 0. The van der Waals surface area contributed by atoms with Crippen molar-refractivity contribution in [3.63, 3.8) is 0 Å². The summed E-state index contributed by atoms with van der Waals surface area (Å²) in [5.74, 6) is -1.23. The molecule has 1 N–H and O–H groups in total. The van der Waals surface area contributed by atoms with Crippen molar-refractivity contribution in [3.05, 3.63) is 11.4 Å². The van der Waals surface area contributed by atoms with Crippen LogP contribution in [-0.2, 0) is 27.5 Å². The van der Waals surface area contributed by atoms with Gasteiger partial charge in [0.25, 0.3) is 0 Å². The Morgan fingerprint density at radius 3 is 2.68 bits per heavy atom. The lowest BCUT2D eigenvalue weighted by molar-refractivity contribution is 0.0688. The maximum Gasteiger partial charge on any atom is 0.358 e. The maximum atomic E-state index is 11.4. The molecule has 1 aromatic rings. The molecular weight excluding hydrogens is 274 g/mol. The predicted octanol–water partition coefficient (Wildman–Crippen LogP) is -0.400. The Morgan fingerprint density at radius 1 is 1.47 bits per heavy atom. The summed E-state index contributed by atoms with van der Waals surface area (Å²) >= 11 is 0. The minimum absolute atomic E-state index is 0.0425. The molecule has 0 bridgehead atoms. The molecule has 108 valence electrons. The summed E-state index contributed by atoms with van der Waals surface area (Å²) in [6.07, 6.45) is 0.317. The van der Waals surface area contributed by atoms with Crippen molar-refractivity contribution in [2.45, 2.75) is 19.9 Å². The minimum atomic E-state index is -3.13. The van der Waals surface area contributed by atoms with E-state index in [1.54, 1.807) is 6.92 Å². The highest BCUT2D eigenvalue weighted by atomic mass is 32.2. The topological polar surface area (TPSA) is 111 Å². The Balaban J connectivity index is 2.91. The van der Waals surface area contributed by atoms with Crippen molar-refractivity contribution in [2.24, 2.45) is 0 Å². The van der Waals surface area contributed by atoms with Crippen LogP contribution in [0.3, 0.4) is 0 Å². The van der Waals surface area contributed by atoms with E-state index in [-0.39, 0.29) is 23.7 Å². The number of carbonyl (C=O) groups is 1. The monoisotopic (exact) mass is 291 g/mol. The van der Waals surface area contributed by atoms with E-state index in [1.807, 2.05) is 0 Å². The van der Waals surface area contributed by atoms with Gasteiger partial charge in [-0.1, -0.05) is 12.1 Å². The fourth-order valence-corrected chi connectivity index (χ4v) is 2.23. The molecule has 0 saturated heterocycles.